The monoisotopic (exact) mass is 882 g/mol. The van der Waals surface area contributed by atoms with Crippen LogP contribution in [0.3, 0.4) is 0 Å². The van der Waals surface area contributed by atoms with Gasteiger partial charge in [-0.1, -0.05) is 152 Å². The molecule has 4 atom stereocenters. The topological polar surface area (TPSA) is 21.3 Å². The molecule has 18 rings (SSSR count). The molecule has 0 saturated heterocycles. The highest BCUT2D eigenvalue weighted by atomic mass is 16.3. The van der Waals surface area contributed by atoms with Gasteiger partial charge in [0.05, 0.1) is 22.1 Å². The molecule has 10 aromatic rings. The second-order valence-electron chi connectivity index (χ2n) is 22.8. The summed E-state index contributed by atoms with van der Waals surface area (Å²) in [6.07, 6.45) is 12.4. The Morgan fingerprint density at radius 2 is 1.19 bits per heavy atom. The van der Waals surface area contributed by atoms with E-state index in [9.17, 15) is 0 Å². The molecule has 326 valence electrons. The van der Waals surface area contributed by atoms with Crippen molar-refractivity contribution < 1.29 is 4.42 Å². The third-order valence-corrected chi connectivity index (χ3v) is 19.2. The zero-order chi connectivity index (χ0) is 44.9. The van der Waals surface area contributed by atoms with Gasteiger partial charge in [0.25, 0.3) is 0 Å². The van der Waals surface area contributed by atoms with Gasteiger partial charge in [-0.05, 0) is 159 Å². The van der Waals surface area contributed by atoms with E-state index in [1.807, 2.05) is 0 Å². The molecule has 4 heteroatoms. The maximum absolute atomic E-state index is 7.26. The smallest absolute Gasteiger partial charge is 0.333 e. The number of hydrogen-bond acceptors (Lipinski definition) is 2. The van der Waals surface area contributed by atoms with E-state index in [2.05, 4.69) is 187 Å². The van der Waals surface area contributed by atoms with Gasteiger partial charge in [-0.25, -0.2) is 0 Å². The molecular weight excluding hydrogens is 836 g/mol. The van der Waals surface area contributed by atoms with Crippen LogP contribution in [0.4, 0.5) is 11.4 Å². The van der Waals surface area contributed by atoms with E-state index in [0.29, 0.717) is 0 Å². The van der Waals surface area contributed by atoms with Gasteiger partial charge in [0.1, 0.15) is 5.58 Å². The first kappa shape index (κ1) is 36.7. The van der Waals surface area contributed by atoms with Gasteiger partial charge in [-0.15, -0.1) is 0 Å². The third kappa shape index (κ3) is 4.26. The SMILES string of the molecule is CC1(c2ccc3c(c2)c2cc(C4(C)CC=C5CC5C4)cc4c2n3-c2c3c(cc5c2oc2ccccc25)-c2cccc5c2N(B34)c2ccccc2C52c3ccccc3-c3ccccc32)CC=C2CC2C1. The second-order valence-corrected chi connectivity index (χ2v) is 22.8. The van der Waals surface area contributed by atoms with Crippen LogP contribution >= 0.6 is 0 Å². The van der Waals surface area contributed by atoms with Crippen LogP contribution in [-0.2, 0) is 16.2 Å². The molecule has 8 aliphatic rings. The fourth-order valence-electron chi connectivity index (χ4n) is 15.8. The van der Waals surface area contributed by atoms with Gasteiger partial charge in [-0.2, -0.15) is 0 Å². The van der Waals surface area contributed by atoms with Crippen molar-refractivity contribution >= 4 is 72.9 Å². The Hall–Kier alpha value is -7.30. The summed E-state index contributed by atoms with van der Waals surface area (Å²) in [5.74, 6) is 1.47. The number of anilines is 2. The van der Waals surface area contributed by atoms with Crippen molar-refractivity contribution in [1.82, 2.24) is 4.57 Å². The molecule has 1 spiro atoms. The number of nitrogens with zero attached hydrogens (tertiary/aromatic N) is 2. The summed E-state index contributed by atoms with van der Waals surface area (Å²) in [6, 6.07) is 59.4. The van der Waals surface area contributed by atoms with Crippen LogP contribution in [-0.4, -0.2) is 11.4 Å². The van der Waals surface area contributed by atoms with Gasteiger partial charge in [0.2, 0.25) is 0 Å². The zero-order valence-electron chi connectivity index (χ0n) is 38.9. The fraction of sp³-hybridized carbons (Fsp3) is 0.200. The zero-order valence-corrected chi connectivity index (χ0v) is 38.9. The number of furan rings is 1. The molecule has 5 aliphatic carbocycles. The largest absolute Gasteiger partial charge is 0.454 e. The molecule has 2 fully saturated rings. The number of rotatable bonds is 2. The summed E-state index contributed by atoms with van der Waals surface area (Å²) in [5.41, 5.74) is 27.8. The lowest BCUT2D eigenvalue weighted by molar-refractivity contribution is 0.407. The predicted octanol–water partition coefficient (Wildman–Crippen LogP) is 14.6. The van der Waals surface area contributed by atoms with Crippen molar-refractivity contribution in [3.8, 4) is 27.9 Å². The molecule has 5 heterocycles. The molecule has 0 bridgehead atoms. The van der Waals surface area contributed by atoms with Crippen LogP contribution in [0.1, 0.15) is 85.8 Å². The van der Waals surface area contributed by atoms with E-state index in [-0.39, 0.29) is 17.7 Å². The summed E-state index contributed by atoms with van der Waals surface area (Å²) >= 11 is 0. The van der Waals surface area contributed by atoms with Crippen molar-refractivity contribution in [2.45, 2.75) is 68.6 Å². The molecule has 3 aliphatic heterocycles. The quantitative estimate of drug-likeness (QED) is 0.127. The first-order valence-electron chi connectivity index (χ1n) is 25.6. The van der Waals surface area contributed by atoms with Gasteiger partial charge in [-0.3, -0.25) is 0 Å². The molecule has 2 saturated carbocycles. The number of aromatic nitrogens is 1. The van der Waals surface area contributed by atoms with E-state index in [4.69, 9.17) is 4.42 Å². The van der Waals surface area contributed by atoms with Crippen molar-refractivity contribution in [3.63, 3.8) is 0 Å². The highest BCUT2D eigenvalue weighted by Gasteiger charge is 2.56. The van der Waals surface area contributed by atoms with E-state index < -0.39 is 5.41 Å². The van der Waals surface area contributed by atoms with Gasteiger partial charge in [0, 0.05) is 38.5 Å². The maximum atomic E-state index is 7.26. The van der Waals surface area contributed by atoms with Gasteiger partial charge in [0.15, 0.2) is 5.58 Å². The number of para-hydroxylation sites is 3. The summed E-state index contributed by atoms with van der Waals surface area (Å²) in [4.78, 5) is 2.81. The van der Waals surface area contributed by atoms with Crippen molar-refractivity contribution in [2.75, 3.05) is 4.81 Å². The highest BCUT2D eigenvalue weighted by Crippen LogP contribution is 2.65. The Balaban J connectivity index is 1.02. The van der Waals surface area contributed by atoms with Crippen molar-refractivity contribution in [3.05, 3.63) is 208 Å². The lowest BCUT2D eigenvalue weighted by atomic mass is 9.42. The molecular formula is C65H47BN2O. The lowest BCUT2D eigenvalue weighted by Gasteiger charge is -2.51. The Morgan fingerprint density at radius 3 is 1.96 bits per heavy atom. The summed E-state index contributed by atoms with van der Waals surface area (Å²) < 4.78 is 9.93. The molecule has 4 unspecified atom stereocenters. The first-order chi connectivity index (χ1) is 33.9. The van der Waals surface area contributed by atoms with Gasteiger partial charge < -0.3 is 13.8 Å². The van der Waals surface area contributed by atoms with Crippen LogP contribution in [0, 0.1) is 11.8 Å². The number of benzene rings is 8. The predicted molar refractivity (Wildman–Crippen MR) is 284 cm³/mol. The van der Waals surface area contributed by atoms with E-state index in [1.165, 1.54) is 142 Å². The molecule has 69 heavy (non-hydrogen) atoms. The Bertz CT molecular complexity index is 4130. The minimum atomic E-state index is -0.495. The van der Waals surface area contributed by atoms with Crippen molar-refractivity contribution in [2.24, 2.45) is 11.8 Å². The minimum absolute atomic E-state index is 0.0363. The van der Waals surface area contributed by atoms with E-state index >= 15 is 0 Å². The second kappa shape index (κ2) is 11.9. The molecule has 0 radical (unpaired) electrons. The van der Waals surface area contributed by atoms with Crippen LogP contribution in [0.5, 0.6) is 0 Å². The maximum Gasteiger partial charge on any atom is 0.333 e. The first-order valence-corrected chi connectivity index (χ1v) is 25.6. The number of fused-ring (bicyclic) bond motifs is 22. The standard InChI is InChI=1S/C65H47BN2O/c1-63(26-24-36-28-38(36)34-63)40-22-23-55-46(30-40)48-31-41(64(2)27-25-37-29-39(37)35-64)32-54-60(48)67(55)61-58-47(33-49-44-14-5-10-21-57(44)69-62(49)61)45-15-11-19-53-59(45)68(66(54)58)56-20-9-8-18-52(56)65(53)50-16-6-3-12-42(50)43-13-4-7-17-51(43)65/h3-25,30-33,38-39H,26-29,34-35H2,1-2H3. The molecule has 2 aromatic heterocycles. The molecule has 0 N–H and O–H groups in total. The number of allylic oxidation sites excluding steroid dienone is 4. The molecule has 8 aromatic carbocycles. The summed E-state index contributed by atoms with van der Waals surface area (Å²) in [5, 5.41) is 5.10. The molecule has 0 amide bonds. The molecule has 3 nitrogen and oxygen atoms in total. The van der Waals surface area contributed by atoms with Crippen LogP contribution in [0.2, 0.25) is 0 Å². The Kier molecular flexibility index (Phi) is 6.34. The van der Waals surface area contributed by atoms with Crippen LogP contribution in [0.25, 0.3) is 71.7 Å². The average molecular weight is 883 g/mol. The van der Waals surface area contributed by atoms with E-state index in [0.717, 1.165) is 35.8 Å². The minimum Gasteiger partial charge on any atom is -0.454 e. The van der Waals surface area contributed by atoms with Gasteiger partial charge >= 0.3 is 6.85 Å². The summed E-state index contributed by atoms with van der Waals surface area (Å²) in [6.45, 7) is 4.99. The fourth-order valence-corrected chi connectivity index (χ4v) is 15.8. The summed E-state index contributed by atoms with van der Waals surface area (Å²) in [7, 11) is 0. The Labute approximate surface area is 401 Å². The van der Waals surface area contributed by atoms with Crippen molar-refractivity contribution in [1.29, 1.82) is 0 Å². The van der Waals surface area contributed by atoms with Crippen LogP contribution in [0.15, 0.2) is 179 Å². The highest BCUT2D eigenvalue weighted by molar-refractivity contribution is 6.94. The van der Waals surface area contributed by atoms with Crippen LogP contribution < -0.4 is 15.7 Å². The number of hydrogen-bond donors (Lipinski definition) is 0. The normalized spacial score (nSPS) is 24.1. The lowest BCUT2D eigenvalue weighted by Crippen LogP contribution is -2.62. The van der Waals surface area contributed by atoms with E-state index in [1.54, 1.807) is 11.1 Å². The average Bonchev–Trinajstić information content (AvgIpc) is 4.25. The third-order valence-electron chi connectivity index (χ3n) is 19.2. The Morgan fingerprint density at radius 1 is 0.536 bits per heavy atom.